The molecular formula is C13H18N2O. The van der Waals surface area contributed by atoms with E-state index in [9.17, 15) is 0 Å². The first-order chi connectivity index (χ1) is 7.63. The Balaban J connectivity index is 2.50. The van der Waals surface area contributed by atoms with Crippen LogP contribution in [0.5, 0.6) is 5.75 Å². The van der Waals surface area contributed by atoms with E-state index in [1.807, 2.05) is 0 Å². The third-order valence-corrected chi connectivity index (χ3v) is 2.33. The lowest BCUT2D eigenvalue weighted by atomic mass is 10.1. The Hall–Kier alpha value is -1.69. The predicted molar refractivity (Wildman–Crippen MR) is 65.1 cm³/mol. The topological polar surface area (TPSA) is 59.0 Å². The normalized spacial score (nSPS) is 10.1. The Morgan fingerprint density at radius 2 is 2.19 bits per heavy atom. The summed E-state index contributed by atoms with van der Waals surface area (Å²) < 4.78 is 5.55. The maximum absolute atomic E-state index is 8.75. The summed E-state index contributed by atoms with van der Waals surface area (Å²) in [7, 11) is 0. The molecule has 3 nitrogen and oxygen atoms in total. The van der Waals surface area contributed by atoms with Crippen molar-refractivity contribution in [3.8, 4) is 11.8 Å². The Labute approximate surface area is 96.8 Å². The Morgan fingerprint density at radius 3 is 2.81 bits per heavy atom. The number of hydrogen-bond acceptors (Lipinski definition) is 3. The lowest BCUT2D eigenvalue weighted by Crippen LogP contribution is -2.02. The highest BCUT2D eigenvalue weighted by molar-refractivity contribution is 5.55. The van der Waals surface area contributed by atoms with E-state index in [-0.39, 0.29) is 0 Å². The number of nitrogens with zero attached hydrogens (tertiary/aromatic N) is 1. The minimum atomic E-state index is 0.577. The molecule has 0 atom stereocenters. The zero-order valence-electron chi connectivity index (χ0n) is 9.86. The third kappa shape index (κ3) is 3.82. The summed E-state index contributed by atoms with van der Waals surface area (Å²) in [4.78, 5) is 0. The van der Waals surface area contributed by atoms with Crippen molar-refractivity contribution in [2.24, 2.45) is 5.92 Å². The average Bonchev–Trinajstić information content (AvgIpc) is 2.26. The standard InChI is InChI=1S/C13H18N2O/c1-10(2)4-3-7-16-13-8-11(9-14)5-6-12(13)15/h5-6,8,10H,3-4,7,15H2,1-2H3. The fraction of sp³-hybridized carbons (Fsp3) is 0.462. The van der Waals surface area contributed by atoms with Crippen molar-refractivity contribution in [1.29, 1.82) is 5.26 Å². The SMILES string of the molecule is CC(C)CCCOc1cc(C#N)ccc1N. The average molecular weight is 218 g/mol. The lowest BCUT2D eigenvalue weighted by molar-refractivity contribution is 0.299. The third-order valence-electron chi connectivity index (χ3n) is 2.33. The minimum absolute atomic E-state index is 0.577. The number of nitriles is 1. The van der Waals surface area contributed by atoms with E-state index in [0.717, 1.165) is 12.8 Å². The molecular weight excluding hydrogens is 200 g/mol. The van der Waals surface area contributed by atoms with Crippen LogP contribution < -0.4 is 10.5 Å². The first-order valence-corrected chi connectivity index (χ1v) is 5.56. The van der Waals surface area contributed by atoms with E-state index in [2.05, 4.69) is 19.9 Å². The largest absolute Gasteiger partial charge is 0.491 e. The van der Waals surface area contributed by atoms with E-state index >= 15 is 0 Å². The molecule has 0 radical (unpaired) electrons. The summed E-state index contributed by atoms with van der Waals surface area (Å²) in [5, 5.41) is 8.75. The van der Waals surface area contributed by atoms with Gasteiger partial charge >= 0.3 is 0 Å². The molecule has 0 aromatic heterocycles. The van der Waals surface area contributed by atoms with Crippen molar-refractivity contribution in [3.05, 3.63) is 23.8 Å². The van der Waals surface area contributed by atoms with Crippen molar-refractivity contribution in [2.45, 2.75) is 26.7 Å². The van der Waals surface area contributed by atoms with Gasteiger partial charge in [0.05, 0.1) is 23.9 Å². The van der Waals surface area contributed by atoms with Crippen molar-refractivity contribution in [1.82, 2.24) is 0 Å². The van der Waals surface area contributed by atoms with Gasteiger partial charge in [0.25, 0.3) is 0 Å². The summed E-state index contributed by atoms with van der Waals surface area (Å²) in [5.41, 5.74) is 6.92. The second-order valence-electron chi connectivity index (χ2n) is 4.25. The van der Waals surface area contributed by atoms with Crippen LogP contribution in [0.25, 0.3) is 0 Å². The van der Waals surface area contributed by atoms with Gasteiger partial charge in [0.2, 0.25) is 0 Å². The summed E-state index contributed by atoms with van der Waals surface area (Å²) in [6, 6.07) is 7.15. The van der Waals surface area contributed by atoms with E-state index in [0.29, 0.717) is 29.5 Å². The Bertz CT molecular complexity index is 380. The van der Waals surface area contributed by atoms with Crippen LogP contribution in [-0.2, 0) is 0 Å². The summed E-state index contributed by atoms with van der Waals surface area (Å²) >= 11 is 0. The molecule has 2 N–H and O–H groups in total. The van der Waals surface area contributed by atoms with Gasteiger partial charge in [-0.15, -0.1) is 0 Å². The van der Waals surface area contributed by atoms with Gasteiger partial charge in [0.15, 0.2) is 0 Å². The lowest BCUT2D eigenvalue weighted by Gasteiger charge is -2.09. The zero-order chi connectivity index (χ0) is 12.0. The van der Waals surface area contributed by atoms with Gasteiger partial charge in [-0.3, -0.25) is 0 Å². The molecule has 0 spiro atoms. The van der Waals surface area contributed by atoms with Crippen LogP contribution in [0.1, 0.15) is 32.3 Å². The minimum Gasteiger partial charge on any atom is -0.491 e. The molecule has 86 valence electrons. The Kier molecular flexibility index (Phi) is 4.65. The van der Waals surface area contributed by atoms with E-state index in [1.165, 1.54) is 0 Å². The molecule has 1 rings (SSSR count). The number of nitrogens with two attached hydrogens (primary N) is 1. The fourth-order valence-electron chi connectivity index (χ4n) is 1.40. The molecule has 16 heavy (non-hydrogen) atoms. The van der Waals surface area contributed by atoms with Crippen molar-refractivity contribution in [2.75, 3.05) is 12.3 Å². The molecule has 1 aromatic carbocycles. The molecule has 0 saturated heterocycles. The highest BCUT2D eigenvalue weighted by Crippen LogP contribution is 2.22. The fourth-order valence-corrected chi connectivity index (χ4v) is 1.40. The van der Waals surface area contributed by atoms with Crippen molar-refractivity contribution in [3.63, 3.8) is 0 Å². The maximum Gasteiger partial charge on any atom is 0.143 e. The number of rotatable bonds is 5. The molecule has 0 aliphatic rings. The molecule has 0 aliphatic carbocycles. The smallest absolute Gasteiger partial charge is 0.143 e. The molecule has 3 heteroatoms. The van der Waals surface area contributed by atoms with Gasteiger partial charge in [-0.25, -0.2) is 0 Å². The maximum atomic E-state index is 8.75. The zero-order valence-corrected chi connectivity index (χ0v) is 9.86. The molecule has 0 fully saturated rings. The molecule has 0 bridgehead atoms. The van der Waals surface area contributed by atoms with Crippen LogP contribution in [0.15, 0.2) is 18.2 Å². The monoisotopic (exact) mass is 218 g/mol. The molecule has 0 amide bonds. The number of hydrogen-bond donors (Lipinski definition) is 1. The predicted octanol–water partition coefficient (Wildman–Crippen LogP) is 2.96. The first kappa shape index (κ1) is 12.4. The first-order valence-electron chi connectivity index (χ1n) is 5.56. The molecule has 0 saturated carbocycles. The van der Waals surface area contributed by atoms with E-state index in [1.54, 1.807) is 18.2 Å². The summed E-state index contributed by atoms with van der Waals surface area (Å²) in [6.07, 6.45) is 2.14. The van der Waals surface area contributed by atoms with E-state index < -0.39 is 0 Å². The van der Waals surface area contributed by atoms with Gasteiger partial charge in [0.1, 0.15) is 5.75 Å². The van der Waals surface area contributed by atoms with Crippen LogP contribution >= 0.6 is 0 Å². The molecule has 0 heterocycles. The van der Waals surface area contributed by atoms with Crippen LogP contribution in [0.3, 0.4) is 0 Å². The Morgan fingerprint density at radius 1 is 1.44 bits per heavy atom. The van der Waals surface area contributed by atoms with Crippen LogP contribution in [0.4, 0.5) is 5.69 Å². The number of anilines is 1. The van der Waals surface area contributed by atoms with Gasteiger partial charge in [-0.2, -0.15) is 5.26 Å². The van der Waals surface area contributed by atoms with Crippen LogP contribution in [0, 0.1) is 17.2 Å². The number of nitrogen functional groups attached to an aromatic ring is 1. The van der Waals surface area contributed by atoms with Gasteiger partial charge in [0, 0.05) is 6.07 Å². The van der Waals surface area contributed by atoms with Crippen LogP contribution in [0.2, 0.25) is 0 Å². The molecule has 1 aromatic rings. The molecule has 0 unspecified atom stereocenters. The second-order valence-corrected chi connectivity index (χ2v) is 4.25. The number of benzene rings is 1. The van der Waals surface area contributed by atoms with Gasteiger partial charge in [-0.05, 0) is 30.9 Å². The second kappa shape index (κ2) is 6.02. The van der Waals surface area contributed by atoms with Gasteiger partial charge < -0.3 is 10.5 Å². The highest BCUT2D eigenvalue weighted by Gasteiger charge is 2.02. The quantitative estimate of drug-likeness (QED) is 0.610. The number of ether oxygens (including phenoxy) is 1. The van der Waals surface area contributed by atoms with Crippen LogP contribution in [-0.4, -0.2) is 6.61 Å². The van der Waals surface area contributed by atoms with Crippen molar-refractivity contribution < 1.29 is 4.74 Å². The summed E-state index contributed by atoms with van der Waals surface area (Å²) in [5.74, 6) is 1.30. The summed E-state index contributed by atoms with van der Waals surface area (Å²) in [6.45, 7) is 5.02. The molecule has 0 aliphatic heterocycles. The van der Waals surface area contributed by atoms with Crippen molar-refractivity contribution >= 4 is 5.69 Å². The highest BCUT2D eigenvalue weighted by atomic mass is 16.5. The van der Waals surface area contributed by atoms with Gasteiger partial charge in [-0.1, -0.05) is 13.8 Å². The van der Waals surface area contributed by atoms with E-state index in [4.69, 9.17) is 15.7 Å².